The van der Waals surface area contributed by atoms with E-state index in [2.05, 4.69) is 0 Å². The third-order valence-electron chi connectivity index (χ3n) is 4.39. The smallest absolute Gasteiger partial charge is 0.303 e. The van der Waals surface area contributed by atoms with E-state index in [-0.39, 0.29) is 11.3 Å². The molecule has 0 saturated carbocycles. The van der Waals surface area contributed by atoms with Crippen LogP contribution in [0.3, 0.4) is 0 Å². The van der Waals surface area contributed by atoms with Crippen LogP contribution in [0, 0.1) is 5.82 Å². The van der Waals surface area contributed by atoms with Crippen molar-refractivity contribution in [2.45, 2.75) is 65.0 Å². The minimum atomic E-state index is -1.53. The number of halogens is 1. The molecule has 0 amide bonds. The van der Waals surface area contributed by atoms with Gasteiger partial charge < -0.3 is 33.5 Å². The summed E-state index contributed by atoms with van der Waals surface area (Å²) in [5.41, 5.74) is 0.184. The van der Waals surface area contributed by atoms with Gasteiger partial charge in [0.25, 0.3) is 0 Å². The van der Waals surface area contributed by atoms with Gasteiger partial charge in [-0.2, -0.15) is 0 Å². The monoisotopic (exact) mass is 472 g/mol. The molecule has 2 rings (SSSR count). The van der Waals surface area contributed by atoms with Crippen LogP contribution in [0.5, 0.6) is 5.75 Å². The summed E-state index contributed by atoms with van der Waals surface area (Å²) >= 11 is 0. The molecule has 33 heavy (non-hydrogen) atoms. The van der Waals surface area contributed by atoms with Crippen molar-refractivity contribution in [2.75, 3.05) is 6.61 Å². The number of esters is 4. The number of carbonyl (C=O) groups excluding carboxylic acids is 4. The van der Waals surface area contributed by atoms with Crippen LogP contribution in [0.15, 0.2) is 18.2 Å². The molecule has 1 aliphatic heterocycles. The molecule has 11 nitrogen and oxygen atoms in total. The van der Waals surface area contributed by atoms with Crippen LogP contribution in [-0.4, -0.2) is 66.3 Å². The van der Waals surface area contributed by atoms with Gasteiger partial charge in [0, 0.05) is 39.3 Å². The maximum absolute atomic E-state index is 13.8. The molecule has 0 spiro atoms. The zero-order valence-electron chi connectivity index (χ0n) is 18.4. The Bertz CT molecular complexity index is 887. The summed E-state index contributed by atoms with van der Waals surface area (Å²) in [5.74, 6) is -3.89. The lowest BCUT2D eigenvalue weighted by atomic mass is 9.98. The maximum Gasteiger partial charge on any atom is 0.303 e. The van der Waals surface area contributed by atoms with E-state index in [0.717, 1.165) is 39.8 Å². The second kappa shape index (κ2) is 11.6. The standard InChI is InChI=1S/C21H25FO11/c1-10(24)28-9-17-18(29-11(2)25)19(30-12(3)26)20(31-13(4)27)21(33-17)32-16-7-15(22)6-5-14(16)8-23/h5-7,17-21,23H,8-9H2,1-4H3/t17?,18-,19-,20+,21+/m0/s1. The van der Waals surface area contributed by atoms with Gasteiger partial charge in [0.2, 0.25) is 12.4 Å². The molecule has 0 bridgehead atoms. The Labute approximate surface area is 188 Å². The summed E-state index contributed by atoms with van der Waals surface area (Å²) in [6, 6.07) is 3.35. The van der Waals surface area contributed by atoms with Crippen LogP contribution < -0.4 is 4.74 Å². The van der Waals surface area contributed by atoms with Crippen LogP contribution in [0.25, 0.3) is 0 Å². The molecule has 5 atom stereocenters. The molecule has 1 unspecified atom stereocenters. The second-order valence-electron chi connectivity index (χ2n) is 7.10. The van der Waals surface area contributed by atoms with Crippen molar-refractivity contribution in [3.8, 4) is 5.75 Å². The predicted octanol–water partition coefficient (Wildman–Crippen LogP) is 0.780. The van der Waals surface area contributed by atoms with Crippen molar-refractivity contribution in [3.05, 3.63) is 29.6 Å². The maximum atomic E-state index is 13.8. The van der Waals surface area contributed by atoms with Gasteiger partial charge in [-0.3, -0.25) is 19.2 Å². The third-order valence-corrected chi connectivity index (χ3v) is 4.39. The minimum absolute atomic E-state index is 0.140. The first-order valence-corrected chi connectivity index (χ1v) is 9.88. The van der Waals surface area contributed by atoms with Gasteiger partial charge in [-0.1, -0.05) is 6.07 Å². The molecule has 0 aromatic heterocycles. The van der Waals surface area contributed by atoms with E-state index in [1.165, 1.54) is 6.07 Å². The molecular weight excluding hydrogens is 447 g/mol. The zero-order valence-corrected chi connectivity index (χ0v) is 18.4. The lowest BCUT2D eigenvalue weighted by Crippen LogP contribution is -2.63. The number of aliphatic hydroxyl groups excluding tert-OH is 1. The molecule has 1 aromatic carbocycles. The average molecular weight is 472 g/mol. The summed E-state index contributed by atoms with van der Waals surface area (Å²) in [7, 11) is 0. The Morgan fingerprint density at radius 2 is 1.48 bits per heavy atom. The van der Waals surface area contributed by atoms with Gasteiger partial charge in [-0.05, 0) is 6.07 Å². The third kappa shape index (κ3) is 7.39. The fourth-order valence-electron chi connectivity index (χ4n) is 3.18. The van der Waals surface area contributed by atoms with Gasteiger partial charge in [0.15, 0.2) is 12.2 Å². The van der Waals surface area contributed by atoms with Gasteiger partial charge in [0.05, 0.1) is 6.61 Å². The fraction of sp³-hybridized carbons (Fsp3) is 0.524. The molecule has 182 valence electrons. The number of aliphatic hydroxyl groups is 1. The summed E-state index contributed by atoms with van der Waals surface area (Å²) < 4.78 is 46.0. The van der Waals surface area contributed by atoms with Gasteiger partial charge in [0.1, 0.15) is 24.3 Å². The van der Waals surface area contributed by atoms with E-state index in [0.29, 0.717) is 0 Å². The van der Waals surface area contributed by atoms with Gasteiger partial charge >= 0.3 is 23.9 Å². The normalized spacial score (nSPS) is 24.4. The Hall–Kier alpha value is -3.25. The highest BCUT2D eigenvalue weighted by Gasteiger charge is 2.53. The van der Waals surface area contributed by atoms with E-state index in [4.69, 9.17) is 28.4 Å². The minimum Gasteiger partial charge on any atom is -0.463 e. The zero-order chi connectivity index (χ0) is 24.7. The molecule has 1 aliphatic rings. The SMILES string of the molecule is CC(=O)OCC1O[C@@H](Oc2cc(F)ccc2CO)[C@H](OC(C)=O)[C@@H](OC(C)=O)[C@H]1OC(C)=O. The number of hydrogen-bond acceptors (Lipinski definition) is 11. The quantitative estimate of drug-likeness (QED) is 0.423. The van der Waals surface area contributed by atoms with Crippen LogP contribution in [-0.2, 0) is 49.5 Å². The highest BCUT2D eigenvalue weighted by Crippen LogP contribution is 2.32. The average Bonchev–Trinajstić information content (AvgIpc) is 2.70. The molecule has 1 fully saturated rings. The number of benzene rings is 1. The summed E-state index contributed by atoms with van der Waals surface area (Å²) in [4.78, 5) is 46.6. The molecule has 1 saturated heterocycles. The first kappa shape index (κ1) is 26.0. The number of ether oxygens (including phenoxy) is 6. The van der Waals surface area contributed by atoms with Gasteiger partial charge in [-0.25, -0.2) is 4.39 Å². The Morgan fingerprint density at radius 3 is 2.03 bits per heavy atom. The summed E-state index contributed by atoms with van der Waals surface area (Å²) in [5, 5.41) is 9.55. The van der Waals surface area contributed by atoms with Crippen LogP contribution >= 0.6 is 0 Å². The molecule has 12 heteroatoms. The molecule has 1 aromatic rings. The Morgan fingerprint density at radius 1 is 0.909 bits per heavy atom. The molecular formula is C21H25FO11. The van der Waals surface area contributed by atoms with E-state index >= 15 is 0 Å². The van der Waals surface area contributed by atoms with E-state index < -0.39 is 73.6 Å². The van der Waals surface area contributed by atoms with Crippen LogP contribution in [0.2, 0.25) is 0 Å². The van der Waals surface area contributed by atoms with Crippen molar-refractivity contribution in [1.29, 1.82) is 0 Å². The summed E-state index contributed by atoms with van der Waals surface area (Å²) in [6.07, 6.45) is -7.00. The fourth-order valence-corrected chi connectivity index (χ4v) is 3.18. The highest BCUT2D eigenvalue weighted by molar-refractivity contribution is 5.68. The lowest BCUT2D eigenvalue weighted by Gasteiger charge is -2.44. The first-order valence-electron chi connectivity index (χ1n) is 9.88. The Balaban J connectivity index is 2.51. The van der Waals surface area contributed by atoms with Gasteiger partial charge in [-0.15, -0.1) is 0 Å². The van der Waals surface area contributed by atoms with Crippen molar-refractivity contribution in [3.63, 3.8) is 0 Å². The largest absolute Gasteiger partial charge is 0.463 e. The van der Waals surface area contributed by atoms with Crippen molar-refractivity contribution in [2.24, 2.45) is 0 Å². The van der Waals surface area contributed by atoms with E-state index in [9.17, 15) is 28.7 Å². The number of carbonyl (C=O) groups is 4. The molecule has 1 heterocycles. The van der Waals surface area contributed by atoms with E-state index in [1.807, 2.05) is 0 Å². The predicted molar refractivity (Wildman–Crippen MR) is 105 cm³/mol. The molecule has 0 aliphatic carbocycles. The highest BCUT2D eigenvalue weighted by atomic mass is 19.1. The number of rotatable bonds is 8. The van der Waals surface area contributed by atoms with Crippen molar-refractivity contribution >= 4 is 23.9 Å². The summed E-state index contributed by atoms with van der Waals surface area (Å²) in [6.45, 7) is 3.45. The molecule has 1 N–H and O–H groups in total. The second-order valence-corrected chi connectivity index (χ2v) is 7.10. The lowest BCUT2D eigenvalue weighted by molar-refractivity contribution is -0.288. The topological polar surface area (TPSA) is 144 Å². The van der Waals surface area contributed by atoms with Crippen molar-refractivity contribution in [1.82, 2.24) is 0 Å². The van der Waals surface area contributed by atoms with E-state index in [1.54, 1.807) is 0 Å². The Kier molecular flexibility index (Phi) is 9.12. The first-order chi connectivity index (χ1) is 15.5. The van der Waals surface area contributed by atoms with Crippen molar-refractivity contribution < 1.29 is 57.1 Å². The number of hydrogen-bond donors (Lipinski definition) is 1. The van der Waals surface area contributed by atoms with Crippen LogP contribution in [0.1, 0.15) is 33.3 Å². The van der Waals surface area contributed by atoms with Crippen LogP contribution in [0.4, 0.5) is 4.39 Å². The molecule has 0 radical (unpaired) electrons.